The molecule has 1 N–H and O–H groups in total. The SMILES string of the molecule is CC1(C)C[C@@H](C(=O)NCC2(CN3CCCC3)CC2)CCO1. The summed E-state index contributed by atoms with van der Waals surface area (Å²) in [5.74, 6) is 0.385. The topological polar surface area (TPSA) is 41.6 Å². The maximum Gasteiger partial charge on any atom is 0.223 e. The summed E-state index contributed by atoms with van der Waals surface area (Å²) in [5, 5.41) is 3.25. The standard InChI is InChI=1S/C17H30N2O2/c1-16(2)11-14(5-10-21-16)15(20)18-12-17(6-7-17)13-19-8-3-4-9-19/h14H,3-13H2,1-2H3,(H,18,20)/t14-/m0/s1. The second-order valence-electron chi connectivity index (χ2n) is 8.00. The third kappa shape index (κ3) is 3.98. The van der Waals surface area contributed by atoms with Crippen LogP contribution < -0.4 is 5.32 Å². The Kier molecular flexibility index (Phi) is 4.28. The van der Waals surface area contributed by atoms with E-state index in [2.05, 4.69) is 24.1 Å². The van der Waals surface area contributed by atoms with Gasteiger partial charge in [0.15, 0.2) is 0 Å². The lowest BCUT2D eigenvalue weighted by atomic mass is 9.87. The van der Waals surface area contributed by atoms with Crippen LogP contribution >= 0.6 is 0 Å². The van der Waals surface area contributed by atoms with Crippen molar-refractivity contribution in [2.24, 2.45) is 11.3 Å². The predicted octanol–water partition coefficient (Wildman–Crippen LogP) is 2.18. The van der Waals surface area contributed by atoms with E-state index in [1.165, 1.54) is 45.3 Å². The number of hydrogen-bond acceptors (Lipinski definition) is 3. The van der Waals surface area contributed by atoms with Crippen LogP contribution in [0.25, 0.3) is 0 Å². The van der Waals surface area contributed by atoms with Crippen LogP contribution in [0.15, 0.2) is 0 Å². The molecule has 1 aliphatic carbocycles. The van der Waals surface area contributed by atoms with Crippen molar-refractivity contribution in [3.05, 3.63) is 0 Å². The zero-order valence-electron chi connectivity index (χ0n) is 13.6. The molecule has 4 nitrogen and oxygen atoms in total. The molecule has 0 bridgehead atoms. The fourth-order valence-electron chi connectivity index (χ4n) is 3.86. The van der Waals surface area contributed by atoms with Crippen molar-refractivity contribution in [1.29, 1.82) is 0 Å². The molecular formula is C17H30N2O2. The monoisotopic (exact) mass is 294 g/mol. The average Bonchev–Trinajstić information content (AvgIpc) is 2.99. The predicted molar refractivity (Wildman–Crippen MR) is 83.1 cm³/mol. The largest absolute Gasteiger partial charge is 0.376 e. The first-order valence-electron chi connectivity index (χ1n) is 8.62. The van der Waals surface area contributed by atoms with Crippen LogP contribution in [0.5, 0.6) is 0 Å². The summed E-state index contributed by atoms with van der Waals surface area (Å²) in [5.41, 5.74) is 0.244. The molecule has 2 aliphatic heterocycles. The van der Waals surface area contributed by atoms with Crippen LogP contribution in [-0.2, 0) is 9.53 Å². The van der Waals surface area contributed by atoms with Crippen LogP contribution in [0.4, 0.5) is 0 Å². The molecule has 1 atom stereocenters. The van der Waals surface area contributed by atoms with Crippen molar-refractivity contribution in [2.75, 3.05) is 32.8 Å². The Balaban J connectivity index is 1.45. The molecule has 4 heteroatoms. The van der Waals surface area contributed by atoms with E-state index in [0.29, 0.717) is 12.0 Å². The van der Waals surface area contributed by atoms with Crippen LogP contribution in [0.3, 0.4) is 0 Å². The van der Waals surface area contributed by atoms with E-state index in [9.17, 15) is 4.79 Å². The van der Waals surface area contributed by atoms with Crippen molar-refractivity contribution in [3.63, 3.8) is 0 Å². The number of nitrogens with one attached hydrogen (secondary N) is 1. The molecule has 3 fully saturated rings. The number of ether oxygens (including phenoxy) is 1. The van der Waals surface area contributed by atoms with Crippen molar-refractivity contribution >= 4 is 5.91 Å². The molecular weight excluding hydrogens is 264 g/mol. The molecule has 0 spiro atoms. The molecule has 0 aromatic rings. The summed E-state index contributed by atoms with van der Waals surface area (Å²) >= 11 is 0. The molecule has 1 saturated carbocycles. The van der Waals surface area contributed by atoms with Gasteiger partial charge in [-0.25, -0.2) is 0 Å². The number of likely N-dealkylation sites (tertiary alicyclic amines) is 1. The number of nitrogens with zero attached hydrogens (tertiary/aromatic N) is 1. The second-order valence-corrected chi connectivity index (χ2v) is 8.00. The van der Waals surface area contributed by atoms with Gasteiger partial charge in [0.05, 0.1) is 5.60 Å². The van der Waals surface area contributed by atoms with E-state index < -0.39 is 0 Å². The highest BCUT2D eigenvalue weighted by Gasteiger charge is 2.44. The molecule has 0 aromatic heterocycles. The highest BCUT2D eigenvalue weighted by molar-refractivity contribution is 5.78. The van der Waals surface area contributed by atoms with Crippen LogP contribution in [-0.4, -0.2) is 49.2 Å². The van der Waals surface area contributed by atoms with Gasteiger partial charge in [0.1, 0.15) is 0 Å². The molecule has 21 heavy (non-hydrogen) atoms. The zero-order valence-corrected chi connectivity index (χ0v) is 13.6. The van der Waals surface area contributed by atoms with Gasteiger partial charge in [0.2, 0.25) is 5.91 Å². The first-order chi connectivity index (χ1) is 9.98. The summed E-state index contributed by atoms with van der Waals surface area (Å²) in [6, 6.07) is 0. The minimum absolute atomic E-state index is 0.135. The number of rotatable bonds is 5. The molecule has 2 saturated heterocycles. The van der Waals surface area contributed by atoms with Crippen molar-refractivity contribution in [3.8, 4) is 0 Å². The molecule has 0 radical (unpaired) electrons. The van der Waals surface area contributed by atoms with Gasteiger partial charge in [-0.05, 0) is 65.5 Å². The summed E-state index contributed by atoms with van der Waals surface area (Å²) in [6.45, 7) is 9.45. The normalized spacial score (nSPS) is 31.0. The molecule has 0 aromatic carbocycles. The highest BCUT2D eigenvalue weighted by atomic mass is 16.5. The summed E-state index contributed by atoms with van der Waals surface area (Å²) in [7, 11) is 0. The Morgan fingerprint density at radius 1 is 1.29 bits per heavy atom. The van der Waals surface area contributed by atoms with Gasteiger partial charge in [-0.2, -0.15) is 0 Å². The van der Waals surface area contributed by atoms with Crippen LogP contribution in [0, 0.1) is 11.3 Å². The van der Waals surface area contributed by atoms with E-state index >= 15 is 0 Å². The first-order valence-corrected chi connectivity index (χ1v) is 8.62. The molecule has 3 aliphatic rings. The van der Waals surface area contributed by atoms with E-state index in [1.807, 2.05) is 0 Å². The van der Waals surface area contributed by atoms with Crippen molar-refractivity contribution in [2.45, 2.75) is 58.0 Å². The van der Waals surface area contributed by atoms with Crippen LogP contribution in [0.1, 0.15) is 52.4 Å². The minimum Gasteiger partial charge on any atom is -0.376 e. The van der Waals surface area contributed by atoms with E-state index in [4.69, 9.17) is 4.74 Å². The Hall–Kier alpha value is -0.610. The molecule has 2 heterocycles. The van der Waals surface area contributed by atoms with E-state index in [1.54, 1.807) is 0 Å². The van der Waals surface area contributed by atoms with Gasteiger partial charge in [-0.1, -0.05) is 0 Å². The van der Waals surface area contributed by atoms with E-state index in [-0.39, 0.29) is 17.4 Å². The smallest absolute Gasteiger partial charge is 0.223 e. The fraction of sp³-hybridized carbons (Fsp3) is 0.941. The summed E-state index contributed by atoms with van der Waals surface area (Å²) in [6.07, 6.45) is 6.97. The number of hydrogen-bond donors (Lipinski definition) is 1. The third-order valence-electron chi connectivity index (χ3n) is 5.42. The summed E-state index contributed by atoms with van der Waals surface area (Å²) < 4.78 is 5.71. The lowest BCUT2D eigenvalue weighted by Crippen LogP contribution is -2.44. The average molecular weight is 294 g/mol. The Labute approximate surface area is 128 Å². The van der Waals surface area contributed by atoms with Gasteiger partial charge in [0.25, 0.3) is 0 Å². The zero-order chi connectivity index (χ0) is 14.9. The lowest BCUT2D eigenvalue weighted by Gasteiger charge is -2.35. The number of amides is 1. The highest BCUT2D eigenvalue weighted by Crippen LogP contribution is 2.46. The van der Waals surface area contributed by atoms with Crippen LogP contribution in [0.2, 0.25) is 0 Å². The third-order valence-corrected chi connectivity index (χ3v) is 5.42. The van der Waals surface area contributed by atoms with Gasteiger partial charge < -0.3 is 15.0 Å². The maximum absolute atomic E-state index is 12.4. The lowest BCUT2D eigenvalue weighted by molar-refractivity contribution is -0.135. The van der Waals surface area contributed by atoms with Crippen molar-refractivity contribution in [1.82, 2.24) is 10.2 Å². The molecule has 120 valence electrons. The van der Waals surface area contributed by atoms with Gasteiger partial charge in [-0.3, -0.25) is 4.79 Å². The fourth-order valence-corrected chi connectivity index (χ4v) is 3.86. The number of carbonyl (C=O) groups excluding carboxylic acids is 1. The first kappa shape index (κ1) is 15.3. The maximum atomic E-state index is 12.4. The summed E-state index contributed by atoms with van der Waals surface area (Å²) in [4.78, 5) is 15.0. The number of carbonyl (C=O) groups is 1. The molecule has 0 unspecified atom stereocenters. The molecule has 1 amide bonds. The Morgan fingerprint density at radius 3 is 2.62 bits per heavy atom. The quantitative estimate of drug-likeness (QED) is 0.845. The van der Waals surface area contributed by atoms with Crippen molar-refractivity contribution < 1.29 is 9.53 Å². The Morgan fingerprint density at radius 2 is 2.00 bits per heavy atom. The van der Waals surface area contributed by atoms with Gasteiger partial charge in [0, 0.05) is 31.0 Å². The van der Waals surface area contributed by atoms with Gasteiger partial charge in [-0.15, -0.1) is 0 Å². The Bertz CT molecular complexity index is 384. The van der Waals surface area contributed by atoms with E-state index in [0.717, 1.165) is 19.4 Å². The van der Waals surface area contributed by atoms with Gasteiger partial charge >= 0.3 is 0 Å². The second kappa shape index (κ2) is 5.88. The molecule has 3 rings (SSSR count). The minimum atomic E-state index is -0.146.